The zero-order valence-corrected chi connectivity index (χ0v) is 21.8. The van der Waals surface area contributed by atoms with E-state index in [9.17, 15) is 8.42 Å². The van der Waals surface area contributed by atoms with E-state index in [4.69, 9.17) is 32.7 Å². The summed E-state index contributed by atoms with van der Waals surface area (Å²) in [5.74, 6) is 1.54. The molecule has 1 aliphatic heterocycles. The first-order chi connectivity index (χ1) is 16.8. The van der Waals surface area contributed by atoms with Gasteiger partial charge in [-0.2, -0.15) is 4.31 Å². The van der Waals surface area contributed by atoms with Crippen LogP contribution in [0.1, 0.15) is 13.8 Å². The van der Waals surface area contributed by atoms with Gasteiger partial charge in [0.25, 0.3) is 0 Å². The van der Waals surface area contributed by atoms with Gasteiger partial charge in [0.15, 0.2) is 5.82 Å². The molecule has 186 valence electrons. The molecule has 0 unspecified atom stereocenters. The first-order valence-corrected chi connectivity index (χ1v) is 13.5. The summed E-state index contributed by atoms with van der Waals surface area (Å²) in [5.41, 5.74) is 1.38. The van der Waals surface area contributed by atoms with Gasteiger partial charge in [-0.1, -0.05) is 23.2 Å². The fourth-order valence-electron chi connectivity index (χ4n) is 3.86. The van der Waals surface area contributed by atoms with E-state index in [1.807, 2.05) is 30.9 Å². The Labute approximate surface area is 215 Å². The minimum Gasteiger partial charge on any atom is -0.494 e. The lowest BCUT2D eigenvalue weighted by atomic mass is 10.1. The fraction of sp³-hybridized carbons (Fsp3) is 0.333. The molecule has 11 heteroatoms. The molecule has 0 bridgehead atoms. The van der Waals surface area contributed by atoms with Gasteiger partial charge in [0, 0.05) is 42.8 Å². The van der Waals surface area contributed by atoms with Crippen LogP contribution in [-0.4, -0.2) is 62.3 Å². The smallest absolute Gasteiger partial charge is 0.246 e. The molecule has 0 amide bonds. The molecule has 35 heavy (non-hydrogen) atoms. The number of anilines is 1. The monoisotopic (exact) mass is 536 g/mol. The van der Waals surface area contributed by atoms with Crippen molar-refractivity contribution in [2.45, 2.75) is 18.7 Å². The van der Waals surface area contributed by atoms with Crippen LogP contribution in [0, 0.1) is 0 Å². The van der Waals surface area contributed by atoms with E-state index in [0.29, 0.717) is 72.4 Å². The Morgan fingerprint density at radius 1 is 0.886 bits per heavy atom. The number of nitrogens with zero attached hydrogens (tertiary/aromatic N) is 4. The van der Waals surface area contributed by atoms with E-state index in [1.54, 1.807) is 36.4 Å². The van der Waals surface area contributed by atoms with E-state index in [0.717, 1.165) is 5.56 Å². The van der Waals surface area contributed by atoms with E-state index >= 15 is 0 Å². The van der Waals surface area contributed by atoms with Crippen LogP contribution in [0.4, 0.5) is 5.82 Å². The second-order valence-electron chi connectivity index (χ2n) is 7.77. The maximum Gasteiger partial charge on any atom is 0.246 e. The lowest BCUT2D eigenvalue weighted by Gasteiger charge is -2.34. The van der Waals surface area contributed by atoms with E-state index in [1.165, 1.54) is 4.31 Å². The highest BCUT2D eigenvalue weighted by atomic mass is 35.5. The van der Waals surface area contributed by atoms with Crippen LogP contribution >= 0.6 is 23.2 Å². The van der Waals surface area contributed by atoms with Crippen LogP contribution in [-0.2, 0) is 10.0 Å². The maximum absolute atomic E-state index is 13.4. The molecule has 1 aliphatic rings. The molecule has 1 saturated heterocycles. The van der Waals surface area contributed by atoms with Crippen molar-refractivity contribution in [1.82, 2.24) is 14.5 Å². The van der Waals surface area contributed by atoms with Crippen molar-refractivity contribution in [1.29, 1.82) is 0 Å². The fourth-order valence-corrected chi connectivity index (χ4v) is 5.90. The van der Waals surface area contributed by atoms with Crippen LogP contribution in [0.3, 0.4) is 0 Å². The second kappa shape index (κ2) is 11.0. The zero-order chi connectivity index (χ0) is 25.0. The van der Waals surface area contributed by atoms with Gasteiger partial charge in [0.05, 0.1) is 23.9 Å². The van der Waals surface area contributed by atoms with Crippen molar-refractivity contribution >= 4 is 39.0 Å². The highest BCUT2D eigenvalue weighted by Gasteiger charge is 2.31. The van der Waals surface area contributed by atoms with Crippen molar-refractivity contribution < 1.29 is 17.9 Å². The molecule has 0 spiro atoms. The highest BCUT2D eigenvalue weighted by Crippen LogP contribution is 2.32. The molecular formula is C24H26Cl2N4O4S. The molecule has 2 heterocycles. The summed E-state index contributed by atoms with van der Waals surface area (Å²) >= 11 is 12.2. The number of piperazine rings is 1. The molecule has 1 aromatic heterocycles. The average Bonchev–Trinajstić information content (AvgIpc) is 2.85. The minimum absolute atomic E-state index is 0.139. The third-order valence-corrected chi connectivity index (χ3v) is 8.05. The molecule has 3 aromatic rings. The van der Waals surface area contributed by atoms with Crippen LogP contribution in [0.2, 0.25) is 10.0 Å². The quantitative estimate of drug-likeness (QED) is 0.410. The number of aromatic nitrogens is 2. The molecular weight excluding hydrogens is 511 g/mol. The Balaban J connectivity index is 1.46. The Morgan fingerprint density at radius 3 is 2.26 bits per heavy atom. The van der Waals surface area contributed by atoms with Crippen LogP contribution < -0.4 is 14.4 Å². The van der Waals surface area contributed by atoms with E-state index < -0.39 is 10.0 Å². The predicted octanol–water partition coefficient (Wildman–Crippen LogP) is 4.76. The first kappa shape index (κ1) is 25.5. The predicted molar refractivity (Wildman–Crippen MR) is 137 cm³/mol. The van der Waals surface area contributed by atoms with Crippen molar-refractivity contribution in [3.8, 4) is 22.8 Å². The zero-order valence-electron chi connectivity index (χ0n) is 19.4. The Morgan fingerprint density at radius 2 is 1.63 bits per heavy atom. The summed E-state index contributed by atoms with van der Waals surface area (Å²) in [7, 11) is -3.74. The maximum atomic E-state index is 13.4. The summed E-state index contributed by atoms with van der Waals surface area (Å²) in [4.78, 5) is 2.15. The van der Waals surface area contributed by atoms with Crippen molar-refractivity contribution in [2.75, 3.05) is 44.3 Å². The summed E-state index contributed by atoms with van der Waals surface area (Å²) in [6.07, 6.45) is 0. The van der Waals surface area contributed by atoms with Gasteiger partial charge >= 0.3 is 0 Å². The summed E-state index contributed by atoms with van der Waals surface area (Å²) in [6, 6.07) is 13.7. The molecule has 8 nitrogen and oxygen atoms in total. The molecule has 0 aliphatic carbocycles. The minimum atomic E-state index is -3.74. The number of sulfonamides is 1. The third-order valence-electron chi connectivity index (χ3n) is 5.56. The topological polar surface area (TPSA) is 84.9 Å². The molecule has 0 N–H and O–H groups in total. The van der Waals surface area contributed by atoms with Crippen molar-refractivity contribution in [3.05, 3.63) is 58.6 Å². The third kappa shape index (κ3) is 5.64. The molecule has 0 radical (unpaired) electrons. The summed E-state index contributed by atoms with van der Waals surface area (Å²) in [6.45, 7) is 6.11. The SMILES string of the molecule is CCOc1ccc(S(=O)(=O)N2CCN(c3ccc(-c4ccc(Cl)cc4Cl)nn3)CC2)c(OCC)c1. The van der Waals surface area contributed by atoms with Gasteiger partial charge in [-0.25, -0.2) is 8.42 Å². The Kier molecular flexibility index (Phi) is 8.01. The number of rotatable bonds is 8. The second-order valence-corrected chi connectivity index (χ2v) is 10.5. The van der Waals surface area contributed by atoms with Gasteiger partial charge < -0.3 is 14.4 Å². The van der Waals surface area contributed by atoms with Crippen LogP contribution in [0.15, 0.2) is 53.4 Å². The molecule has 4 rings (SSSR count). The molecule has 0 saturated carbocycles. The molecule has 0 atom stereocenters. The van der Waals surface area contributed by atoms with Gasteiger partial charge in [0.2, 0.25) is 10.0 Å². The number of hydrogen-bond donors (Lipinski definition) is 0. The van der Waals surface area contributed by atoms with Crippen molar-refractivity contribution in [3.63, 3.8) is 0 Å². The molecule has 2 aromatic carbocycles. The highest BCUT2D eigenvalue weighted by molar-refractivity contribution is 7.89. The van der Waals surface area contributed by atoms with E-state index in [2.05, 4.69) is 10.2 Å². The first-order valence-electron chi connectivity index (χ1n) is 11.3. The average molecular weight is 537 g/mol. The number of halogens is 2. The summed E-state index contributed by atoms with van der Waals surface area (Å²) < 4.78 is 39.4. The summed E-state index contributed by atoms with van der Waals surface area (Å²) in [5, 5.41) is 9.69. The normalized spacial score (nSPS) is 14.7. The largest absolute Gasteiger partial charge is 0.494 e. The number of benzene rings is 2. The van der Waals surface area contributed by atoms with Crippen LogP contribution in [0.25, 0.3) is 11.3 Å². The Hall–Kier alpha value is -2.59. The Bertz CT molecular complexity index is 1280. The number of hydrogen-bond acceptors (Lipinski definition) is 7. The molecule has 1 fully saturated rings. The van der Waals surface area contributed by atoms with Crippen LogP contribution in [0.5, 0.6) is 11.5 Å². The van der Waals surface area contributed by atoms with Gasteiger partial charge in [0.1, 0.15) is 16.4 Å². The van der Waals surface area contributed by atoms with Crippen molar-refractivity contribution in [2.24, 2.45) is 0 Å². The van der Waals surface area contributed by atoms with E-state index in [-0.39, 0.29) is 4.90 Å². The lowest BCUT2D eigenvalue weighted by Crippen LogP contribution is -2.49. The lowest BCUT2D eigenvalue weighted by molar-refractivity contribution is 0.314. The number of ether oxygens (including phenoxy) is 2. The van der Waals surface area contributed by atoms with Gasteiger partial charge in [-0.15, -0.1) is 10.2 Å². The van der Waals surface area contributed by atoms with Gasteiger partial charge in [-0.3, -0.25) is 0 Å². The standard InChI is InChI=1S/C24H26Cl2N4O4S/c1-3-33-18-6-9-23(22(16-18)34-4-2)35(31,32)30-13-11-29(12-14-30)24-10-8-21(27-28-24)19-7-5-17(25)15-20(19)26/h5-10,15-16H,3-4,11-14H2,1-2H3. The van der Waals surface area contributed by atoms with Gasteiger partial charge in [-0.05, 0) is 56.3 Å².